The largest absolute Gasteiger partial charge is 0.450 e. The SMILES string of the molecule is CCOC(=O)NCCOC(=O)N[C@@H](C)C(=O)Oc1ccccc1. The summed E-state index contributed by atoms with van der Waals surface area (Å²) in [6.07, 6.45) is -1.37. The van der Waals surface area contributed by atoms with Crippen molar-refractivity contribution in [2.75, 3.05) is 19.8 Å². The van der Waals surface area contributed by atoms with E-state index in [1.165, 1.54) is 6.92 Å². The Morgan fingerprint density at radius 3 is 2.43 bits per heavy atom. The third kappa shape index (κ3) is 7.70. The zero-order valence-electron chi connectivity index (χ0n) is 13.0. The molecule has 0 aliphatic heterocycles. The van der Waals surface area contributed by atoms with E-state index in [2.05, 4.69) is 15.4 Å². The second-order valence-corrected chi connectivity index (χ2v) is 4.38. The number of para-hydroxylation sites is 1. The predicted molar refractivity (Wildman–Crippen MR) is 81.0 cm³/mol. The Balaban J connectivity index is 2.22. The lowest BCUT2D eigenvalue weighted by Crippen LogP contribution is -2.41. The Kier molecular flexibility index (Phi) is 7.98. The van der Waals surface area contributed by atoms with Gasteiger partial charge in [0.25, 0.3) is 0 Å². The highest BCUT2D eigenvalue weighted by Gasteiger charge is 2.18. The van der Waals surface area contributed by atoms with Gasteiger partial charge in [-0.3, -0.25) is 0 Å². The van der Waals surface area contributed by atoms with Gasteiger partial charge in [-0.2, -0.15) is 0 Å². The number of hydrogen-bond acceptors (Lipinski definition) is 6. The number of carbonyl (C=O) groups is 3. The molecule has 0 aliphatic rings. The molecule has 0 fully saturated rings. The van der Waals surface area contributed by atoms with E-state index in [9.17, 15) is 14.4 Å². The number of esters is 1. The van der Waals surface area contributed by atoms with Crippen molar-refractivity contribution in [3.8, 4) is 5.75 Å². The molecule has 1 atom stereocenters. The van der Waals surface area contributed by atoms with Crippen molar-refractivity contribution >= 4 is 18.2 Å². The Morgan fingerprint density at radius 1 is 1.09 bits per heavy atom. The van der Waals surface area contributed by atoms with Gasteiger partial charge in [0.15, 0.2) is 0 Å². The van der Waals surface area contributed by atoms with Crippen molar-refractivity contribution in [3.05, 3.63) is 30.3 Å². The van der Waals surface area contributed by atoms with Crippen LogP contribution >= 0.6 is 0 Å². The molecule has 0 unspecified atom stereocenters. The predicted octanol–water partition coefficient (Wildman–Crippen LogP) is 1.45. The monoisotopic (exact) mass is 324 g/mol. The number of alkyl carbamates (subject to hydrolysis) is 2. The van der Waals surface area contributed by atoms with Crippen LogP contribution in [0, 0.1) is 0 Å². The van der Waals surface area contributed by atoms with Crippen LogP contribution in [0.1, 0.15) is 13.8 Å². The standard InChI is InChI=1S/C15H20N2O6/c1-3-21-14(19)16-9-10-22-15(20)17-11(2)13(18)23-12-7-5-4-6-8-12/h4-8,11H,3,9-10H2,1-2H3,(H,16,19)(H,17,20)/t11-/m0/s1. The van der Waals surface area contributed by atoms with Gasteiger partial charge in [0, 0.05) is 0 Å². The molecule has 0 saturated carbocycles. The van der Waals surface area contributed by atoms with Crippen LogP contribution in [0.5, 0.6) is 5.75 Å². The van der Waals surface area contributed by atoms with E-state index in [0.29, 0.717) is 5.75 Å². The van der Waals surface area contributed by atoms with Gasteiger partial charge in [0.1, 0.15) is 18.4 Å². The van der Waals surface area contributed by atoms with Gasteiger partial charge in [-0.25, -0.2) is 14.4 Å². The molecule has 23 heavy (non-hydrogen) atoms. The first-order valence-corrected chi connectivity index (χ1v) is 7.13. The molecule has 0 radical (unpaired) electrons. The summed E-state index contributed by atoms with van der Waals surface area (Å²) in [5.41, 5.74) is 0. The Hall–Kier alpha value is -2.77. The minimum atomic E-state index is -0.874. The maximum Gasteiger partial charge on any atom is 0.407 e. The normalized spacial score (nSPS) is 11.0. The molecule has 0 aromatic heterocycles. The lowest BCUT2D eigenvalue weighted by Gasteiger charge is -2.13. The summed E-state index contributed by atoms with van der Waals surface area (Å²) in [5, 5.41) is 4.72. The highest BCUT2D eigenvalue weighted by atomic mass is 16.6. The van der Waals surface area contributed by atoms with Crippen LogP contribution in [-0.4, -0.2) is 44.0 Å². The van der Waals surface area contributed by atoms with Gasteiger partial charge in [-0.15, -0.1) is 0 Å². The fourth-order valence-corrected chi connectivity index (χ4v) is 1.45. The maximum absolute atomic E-state index is 11.8. The minimum Gasteiger partial charge on any atom is -0.450 e. The van der Waals surface area contributed by atoms with E-state index in [0.717, 1.165) is 0 Å². The van der Waals surface area contributed by atoms with E-state index in [1.54, 1.807) is 37.3 Å². The average Bonchev–Trinajstić information content (AvgIpc) is 2.52. The van der Waals surface area contributed by atoms with Crippen LogP contribution < -0.4 is 15.4 Å². The first-order chi connectivity index (χ1) is 11.0. The van der Waals surface area contributed by atoms with Gasteiger partial charge in [-0.1, -0.05) is 18.2 Å². The average molecular weight is 324 g/mol. The van der Waals surface area contributed by atoms with E-state index in [-0.39, 0.29) is 19.8 Å². The van der Waals surface area contributed by atoms with E-state index >= 15 is 0 Å². The Bertz CT molecular complexity index is 520. The summed E-state index contributed by atoms with van der Waals surface area (Å²) in [6, 6.07) is 7.63. The van der Waals surface area contributed by atoms with Crippen LogP contribution in [0.4, 0.5) is 9.59 Å². The number of amides is 2. The summed E-state index contributed by atoms with van der Waals surface area (Å²) >= 11 is 0. The molecule has 0 heterocycles. The molecule has 8 heteroatoms. The van der Waals surface area contributed by atoms with Crippen molar-refractivity contribution in [2.24, 2.45) is 0 Å². The fourth-order valence-electron chi connectivity index (χ4n) is 1.45. The summed E-state index contributed by atoms with van der Waals surface area (Å²) in [4.78, 5) is 34.2. The molecule has 1 rings (SSSR count). The van der Waals surface area contributed by atoms with Gasteiger partial charge in [0.2, 0.25) is 0 Å². The third-order valence-electron chi connectivity index (χ3n) is 2.53. The van der Waals surface area contributed by atoms with Crippen LogP contribution in [0.3, 0.4) is 0 Å². The van der Waals surface area contributed by atoms with Crippen LogP contribution in [0.15, 0.2) is 30.3 Å². The lowest BCUT2D eigenvalue weighted by atomic mass is 10.3. The molecule has 8 nitrogen and oxygen atoms in total. The molecule has 0 spiro atoms. The lowest BCUT2D eigenvalue weighted by molar-refractivity contribution is -0.136. The molecule has 126 valence electrons. The van der Waals surface area contributed by atoms with E-state index in [4.69, 9.17) is 9.47 Å². The Morgan fingerprint density at radius 2 is 1.78 bits per heavy atom. The number of hydrogen-bond donors (Lipinski definition) is 2. The summed E-state index contributed by atoms with van der Waals surface area (Å²) in [6.45, 7) is 3.47. The minimum absolute atomic E-state index is 0.0505. The van der Waals surface area contributed by atoms with Gasteiger partial charge in [-0.05, 0) is 26.0 Å². The molecule has 2 N–H and O–H groups in total. The molecule has 0 saturated heterocycles. The van der Waals surface area contributed by atoms with Gasteiger partial charge < -0.3 is 24.8 Å². The maximum atomic E-state index is 11.8. The summed E-state index contributed by atoms with van der Waals surface area (Å²) in [7, 11) is 0. The molecule has 1 aromatic carbocycles. The van der Waals surface area contributed by atoms with Gasteiger partial charge in [0.05, 0.1) is 13.2 Å². The first-order valence-electron chi connectivity index (χ1n) is 7.13. The van der Waals surface area contributed by atoms with Crippen LogP contribution in [0.25, 0.3) is 0 Å². The second-order valence-electron chi connectivity index (χ2n) is 4.38. The smallest absolute Gasteiger partial charge is 0.407 e. The zero-order chi connectivity index (χ0) is 17.1. The first kappa shape index (κ1) is 18.3. The molecule has 1 aromatic rings. The zero-order valence-corrected chi connectivity index (χ0v) is 13.0. The van der Waals surface area contributed by atoms with Gasteiger partial charge >= 0.3 is 18.2 Å². The van der Waals surface area contributed by atoms with Crippen molar-refractivity contribution < 1.29 is 28.6 Å². The molecule has 0 bridgehead atoms. The van der Waals surface area contributed by atoms with E-state index in [1.807, 2.05) is 0 Å². The van der Waals surface area contributed by atoms with Crippen molar-refractivity contribution in [1.82, 2.24) is 10.6 Å². The number of benzene rings is 1. The third-order valence-corrected chi connectivity index (χ3v) is 2.53. The second kappa shape index (κ2) is 10.0. The highest BCUT2D eigenvalue weighted by Crippen LogP contribution is 2.09. The Labute approximate surface area is 134 Å². The van der Waals surface area contributed by atoms with Crippen molar-refractivity contribution in [2.45, 2.75) is 19.9 Å². The quantitative estimate of drug-likeness (QED) is 0.447. The molecular weight excluding hydrogens is 304 g/mol. The molecular formula is C15H20N2O6. The van der Waals surface area contributed by atoms with Crippen LogP contribution in [-0.2, 0) is 14.3 Å². The van der Waals surface area contributed by atoms with Crippen LogP contribution in [0.2, 0.25) is 0 Å². The number of ether oxygens (including phenoxy) is 3. The number of rotatable bonds is 7. The number of carbonyl (C=O) groups excluding carboxylic acids is 3. The summed E-state index contributed by atoms with van der Waals surface area (Å²) < 4.78 is 14.5. The molecule has 0 aliphatic carbocycles. The number of nitrogens with one attached hydrogen (secondary N) is 2. The van der Waals surface area contributed by atoms with Crippen molar-refractivity contribution in [1.29, 1.82) is 0 Å². The fraction of sp³-hybridized carbons (Fsp3) is 0.400. The topological polar surface area (TPSA) is 103 Å². The van der Waals surface area contributed by atoms with E-state index < -0.39 is 24.2 Å². The molecule has 2 amide bonds. The summed E-state index contributed by atoms with van der Waals surface area (Å²) in [5.74, 6) is -0.226. The highest BCUT2D eigenvalue weighted by molar-refractivity contribution is 5.82. The van der Waals surface area contributed by atoms with Crippen molar-refractivity contribution in [3.63, 3.8) is 0 Å².